The van der Waals surface area contributed by atoms with Gasteiger partial charge in [-0.3, -0.25) is 4.68 Å². The lowest BCUT2D eigenvalue weighted by atomic mass is 10.3. The maximum atomic E-state index is 4.62. The smallest absolute Gasteiger partial charge is 0.163 e. The van der Waals surface area contributed by atoms with Crippen molar-refractivity contribution in [3.63, 3.8) is 0 Å². The number of nitrogens with zero attached hydrogens (tertiary/aromatic N) is 6. The number of nitrogens with one attached hydrogen (secondary N) is 1. The first-order valence-corrected chi connectivity index (χ1v) is 7.42. The van der Waals surface area contributed by atoms with Crippen LogP contribution in [-0.2, 0) is 13.6 Å². The van der Waals surface area contributed by atoms with Crippen LogP contribution in [-0.4, -0.2) is 36.8 Å². The predicted molar refractivity (Wildman–Crippen MR) is 89.2 cm³/mol. The first-order valence-electron chi connectivity index (χ1n) is 7.42. The van der Waals surface area contributed by atoms with Crippen LogP contribution < -0.4 is 4.90 Å². The van der Waals surface area contributed by atoms with E-state index in [2.05, 4.69) is 29.9 Å². The standard InChI is InChI=1S/C16H17N7/c1-10-14-15(17-9-18-16(14)23(3)21-10)22(2)8-13-19-11-6-4-5-7-12(11)20-13/h4-7,9H,8H2,1-3H3,(H,19,20). The summed E-state index contributed by atoms with van der Waals surface area (Å²) in [5.74, 6) is 1.77. The van der Waals surface area contributed by atoms with E-state index in [4.69, 9.17) is 0 Å². The Bertz CT molecular complexity index is 965. The second-order valence-electron chi connectivity index (χ2n) is 5.66. The van der Waals surface area contributed by atoms with Crippen LogP contribution in [0.3, 0.4) is 0 Å². The topological polar surface area (TPSA) is 75.5 Å². The first kappa shape index (κ1) is 13.7. The zero-order valence-electron chi connectivity index (χ0n) is 13.3. The number of benzene rings is 1. The van der Waals surface area contributed by atoms with Crippen molar-refractivity contribution >= 4 is 27.9 Å². The molecule has 4 aromatic rings. The number of imidazole rings is 1. The van der Waals surface area contributed by atoms with Crippen LogP contribution in [0.15, 0.2) is 30.6 Å². The fourth-order valence-corrected chi connectivity index (χ4v) is 2.93. The van der Waals surface area contributed by atoms with E-state index in [0.29, 0.717) is 6.54 Å². The monoisotopic (exact) mass is 307 g/mol. The number of hydrogen-bond acceptors (Lipinski definition) is 5. The van der Waals surface area contributed by atoms with Gasteiger partial charge in [0, 0.05) is 14.1 Å². The van der Waals surface area contributed by atoms with Gasteiger partial charge in [0.05, 0.1) is 28.7 Å². The van der Waals surface area contributed by atoms with Gasteiger partial charge in [-0.1, -0.05) is 12.1 Å². The summed E-state index contributed by atoms with van der Waals surface area (Å²) in [6, 6.07) is 8.02. The highest BCUT2D eigenvalue weighted by Crippen LogP contribution is 2.25. The maximum Gasteiger partial charge on any atom is 0.163 e. The molecular formula is C16H17N7. The first-order chi connectivity index (χ1) is 11.1. The second-order valence-corrected chi connectivity index (χ2v) is 5.66. The Morgan fingerprint density at radius 2 is 2.04 bits per heavy atom. The van der Waals surface area contributed by atoms with Crippen molar-refractivity contribution < 1.29 is 0 Å². The summed E-state index contributed by atoms with van der Waals surface area (Å²) < 4.78 is 1.78. The molecule has 7 heteroatoms. The number of rotatable bonds is 3. The SMILES string of the molecule is Cc1nn(C)c2ncnc(N(C)Cc3nc4ccccc4[nH]3)c12. The molecule has 1 N–H and O–H groups in total. The van der Waals surface area contributed by atoms with Crippen molar-refractivity contribution in [1.82, 2.24) is 29.7 Å². The van der Waals surface area contributed by atoms with Gasteiger partial charge in [-0.15, -0.1) is 0 Å². The van der Waals surface area contributed by atoms with Crippen LogP contribution in [0.4, 0.5) is 5.82 Å². The molecule has 0 radical (unpaired) electrons. The number of H-pyrrole nitrogens is 1. The van der Waals surface area contributed by atoms with Crippen LogP contribution in [0.25, 0.3) is 22.1 Å². The van der Waals surface area contributed by atoms with Crippen LogP contribution in [0, 0.1) is 6.92 Å². The van der Waals surface area contributed by atoms with Crippen molar-refractivity contribution in [2.24, 2.45) is 7.05 Å². The molecule has 4 rings (SSSR count). The van der Waals surface area contributed by atoms with E-state index >= 15 is 0 Å². The molecule has 0 saturated heterocycles. The zero-order chi connectivity index (χ0) is 16.0. The van der Waals surface area contributed by atoms with Gasteiger partial charge >= 0.3 is 0 Å². The van der Waals surface area contributed by atoms with Crippen LogP contribution in [0.2, 0.25) is 0 Å². The highest BCUT2D eigenvalue weighted by molar-refractivity contribution is 5.89. The molecule has 3 aromatic heterocycles. The van der Waals surface area contributed by atoms with Gasteiger partial charge in [0.1, 0.15) is 18.0 Å². The summed E-state index contributed by atoms with van der Waals surface area (Å²) >= 11 is 0. The van der Waals surface area contributed by atoms with E-state index in [0.717, 1.165) is 39.4 Å². The van der Waals surface area contributed by atoms with E-state index in [1.807, 2.05) is 45.3 Å². The van der Waals surface area contributed by atoms with Gasteiger partial charge in [0.2, 0.25) is 0 Å². The third-order valence-corrected chi connectivity index (χ3v) is 3.96. The lowest BCUT2D eigenvalue weighted by Gasteiger charge is -2.17. The molecule has 0 amide bonds. The van der Waals surface area contributed by atoms with E-state index in [9.17, 15) is 0 Å². The van der Waals surface area contributed by atoms with E-state index in [1.165, 1.54) is 0 Å². The number of para-hydroxylation sites is 2. The molecule has 23 heavy (non-hydrogen) atoms. The molecule has 0 saturated carbocycles. The van der Waals surface area contributed by atoms with Crippen molar-refractivity contribution in [3.8, 4) is 0 Å². The molecule has 0 spiro atoms. The van der Waals surface area contributed by atoms with Gasteiger partial charge in [-0.2, -0.15) is 5.10 Å². The Balaban J connectivity index is 1.73. The molecule has 0 aliphatic carbocycles. The number of anilines is 1. The highest BCUT2D eigenvalue weighted by atomic mass is 15.3. The number of aromatic amines is 1. The van der Waals surface area contributed by atoms with Crippen molar-refractivity contribution in [2.75, 3.05) is 11.9 Å². The van der Waals surface area contributed by atoms with Crippen LogP contribution >= 0.6 is 0 Å². The number of hydrogen-bond donors (Lipinski definition) is 1. The predicted octanol–water partition coefficient (Wildman–Crippen LogP) is 2.18. The molecule has 0 unspecified atom stereocenters. The molecule has 116 valence electrons. The molecule has 0 aliphatic rings. The summed E-state index contributed by atoms with van der Waals surface area (Å²) in [5.41, 5.74) is 3.78. The average molecular weight is 307 g/mol. The Morgan fingerprint density at radius 3 is 2.87 bits per heavy atom. The second kappa shape index (κ2) is 5.05. The van der Waals surface area contributed by atoms with Crippen LogP contribution in [0.1, 0.15) is 11.5 Å². The van der Waals surface area contributed by atoms with Gasteiger partial charge in [0.25, 0.3) is 0 Å². The minimum atomic E-state index is 0.634. The van der Waals surface area contributed by atoms with Crippen molar-refractivity contribution in [1.29, 1.82) is 0 Å². The molecule has 0 aliphatic heterocycles. The van der Waals surface area contributed by atoms with E-state index in [1.54, 1.807) is 11.0 Å². The Kier molecular flexibility index (Phi) is 3.00. The van der Waals surface area contributed by atoms with Gasteiger partial charge in [-0.25, -0.2) is 15.0 Å². The normalized spacial score (nSPS) is 11.4. The highest BCUT2D eigenvalue weighted by Gasteiger charge is 2.16. The average Bonchev–Trinajstić information content (AvgIpc) is 3.08. The summed E-state index contributed by atoms with van der Waals surface area (Å²) in [7, 11) is 3.90. The maximum absolute atomic E-state index is 4.62. The molecule has 1 aromatic carbocycles. The number of aromatic nitrogens is 6. The third kappa shape index (κ3) is 2.21. The molecule has 0 fully saturated rings. The zero-order valence-corrected chi connectivity index (χ0v) is 13.3. The van der Waals surface area contributed by atoms with Crippen molar-refractivity contribution in [2.45, 2.75) is 13.5 Å². The van der Waals surface area contributed by atoms with Gasteiger partial charge in [0.15, 0.2) is 5.65 Å². The molecular weight excluding hydrogens is 290 g/mol. The summed E-state index contributed by atoms with van der Waals surface area (Å²) in [5, 5.41) is 5.42. The van der Waals surface area contributed by atoms with E-state index in [-0.39, 0.29) is 0 Å². The largest absolute Gasteiger partial charge is 0.351 e. The minimum Gasteiger partial charge on any atom is -0.351 e. The summed E-state index contributed by atoms with van der Waals surface area (Å²) in [6.07, 6.45) is 1.58. The lowest BCUT2D eigenvalue weighted by Crippen LogP contribution is -2.19. The summed E-state index contributed by atoms with van der Waals surface area (Å²) in [4.78, 5) is 18.8. The Labute approximate surface area is 133 Å². The molecule has 3 heterocycles. The fraction of sp³-hybridized carbons (Fsp3) is 0.250. The number of fused-ring (bicyclic) bond motifs is 2. The van der Waals surface area contributed by atoms with Gasteiger partial charge in [-0.05, 0) is 19.1 Å². The number of aryl methyl sites for hydroxylation is 2. The molecule has 0 atom stereocenters. The van der Waals surface area contributed by atoms with Crippen molar-refractivity contribution in [3.05, 3.63) is 42.1 Å². The van der Waals surface area contributed by atoms with Gasteiger partial charge < -0.3 is 9.88 Å². The Hall–Kier alpha value is -2.96. The van der Waals surface area contributed by atoms with E-state index < -0.39 is 0 Å². The molecule has 0 bridgehead atoms. The third-order valence-electron chi connectivity index (χ3n) is 3.96. The summed E-state index contributed by atoms with van der Waals surface area (Å²) in [6.45, 7) is 2.61. The quantitative estimate of drug-likeness (QED) is 0.628. The van der Waals surface area contributed by atoms with Crippen LogP contribution in [0.5, 0.6) is 0 Å². The Morgan fingerprint density at radius 1 is 1.22 bits per heavy atom. The lowest BCUT2D eigenvalue weighted by molar-refractivity contribution is 0.773. The fourth-order valence-electron chi connectivity index (χ4n) is 2.93. The molecule has 7 nitrogen and oxygen atoms in total. The minimum absolute atomic E-state index is 0.634.